The first-order valence-corrected chi connectivity index (χ1v) is 8.13. The van der Waals surface area contributed by atoms with Gasteiger partial charge in [0, 0.05) is 11.6 Å². The highest BCUT2D eigenvalue weighted by Gasteiger charge is 2.25. The van der Waals surface area contributed by atoms with Crippen LogP contribution in [-0.4, -0.2) is 5.91 Å². The molecule has 1 aromatic rings. The molecule has 1 aromatic carbocycles. The van der Waals surface area contributed by atoms with Crippen LogP contribution in [0.1, 0.15) is 57.9 Å². The fourth-order valence-electron chi connectivity index (χ4n) is 3.38. The molecule has 1 heterocycles. The summed E-state index contributed by atoms with van der Waals surface area (Å²) < 4.78 is 0. The molecular formula is C18H27NO. The number of carbonyl (C=O) groups excluding carboxylic acids is 1. The smallest absolute Gasteiger partial charge is 0.227 e. The molecular weight excluding hydrogens is 246 g/mol. The number of hydrogen-bond acceptors (Lipinski definition) is 1. The van der Waals surface area contributed by atoms with Gasteiger partial charge in [-0.3, -0.25) is 4.79 Å². The van der Waals surface area contributed by atoms with E-state index >= 15 is 0 Å². The molecule has 20 heavy (non-hydrogen) atoms. The van der Waals surface area contributed by atoms with Crippen LogP contribution in [0.15, 0.2) is 24.3 Å². The maximum absolute atomic E-state index is 12.4. The van der Waals surface area contributed by atoms with E-state index in [1.54, 1.807) is 0 Å². The molecule has 0 bridgehead atoms. The fourth-order valence-corrected chi connectivity index (χ4v) is 3.38. The van der Waals surface area contributed by atoms with Crippen molar-refractivity contribution in [3.63, 3.8) is 0 Å². The van der Waals surface area contributed by atoms with Gasteiger partial charge in [-0.2, -0.15) is 0 Å². The van der Waals surface area contributed by atoms with Gasteiger partial charge in [0.2, 0.25) is 5.91 Å². The molecule has 1 aliphatic rings. The van der Waals surface area contributed by atoms with Gasteiger partial charge in [-0.15, -0.1) is 0 Å². The van der Waals surface area contributed by atoms with Crippen LogP contribution < -0.4 is 5.32 Å². The van der Waals surface area contributed by atoms with Gasteiger partial charge in [0.25, 0.3) is 0 Å². The number of amides is 1. The summed E-state index contributed by atoms with van der Waals surface area (Å²) >= 11 is 0. The molecule has 1 aliphatic heterocycles. The number of aryl methyl sites for hydroxylation is 1. The zero-order chi connectivity index (χ0) is 14.4. The van der Waals surface area contributed by atoms with Crippen molar-refractivity contribution in [1.29, 1.82) is 0 Å². The summed E-state index contributed by atoms with van der Waals surface area (Å²) in [6, 6.07) is 8.21. The van der Waals surface area contributed by atoms with Gasteiger partial charge in [0.1, 0.15) is 0 Å². The summed E-state index contributed by atoms with van der Waals surface area (Å²) in [5, 5.41) is 3.12. The van der Waals surface area contributed by atoms with Crippen LogP contribution in [0.25, 0.3) is 0 Å². The van der Waals surface area contributed by atoms with Crippen LogP contribution in [0.3, 0.4) is 0 Å². The maximum atomic E-state index is 12.4. The summed E-state index contributed by atoms with van der Waals surface area (Å²) in [4.78, 5) is 12.4. The Morgan fingerprint density at radius 2 is 1.90 bits per heavy atom. The van der Waals surface area contributed by atoms with E-state index in [1.165, 1.54) is 31.2 Å². The Morgan fingerprint density at radius 3 is 2.60 bits per heavy atom. The molecule has 1 amide bonds. The topological polar surface area (TPSA) is 29.1 Å². The van der Waals surface area contributed by atoms with Gasteiger partial charge in [-0.25, -0.2) is 0 Å². The third-order valence-corrected chi connectivity index (χ3v) is 4.42. The number of rotatable bonds is 6. The second kappa shape index (κ2) is 7.47. The zero-order valence-electron chi connectivity index (χ0n) is 12.8. The lowest BCUT2D eigenvalue weighted by Gasteiger charge is -2.21. The minimum Gasteiger partial charge on any atom is -0.326 e. The standard InChI is InChI=1S/C18H27NO/c1-3-7-14(8-4-2)13-16-12-11-15-9-5-6-10-17(15)19-18(16)20/h5-6,9-10,14,16H,3-4,7-8,11-13H2,1-2H3,(H,19,20). The lowest BCUT2D eigenvalue weighted by molar-refractivity contribution is -0.120. The van der Waals surface area contributed by atoms with Gasteiger partial charge in [0.15, 0.2) is 0 Å². The van der Waals surface area contributed by atoms with Crippen molar-refractivity contribution in [3.05, 3.63) is 29.8 Å². The maximum Gasteiger partial charge on any atom is 0.227 e. The molecule has 1 N–H and O–H groups in total. The monoisotopic (exact) mass is 273 g/mol. The molecule has 1 unspecified atom stereocenters. The second-order valence-electron chi connectivity index (χ2n) is 6.06. The van der Waals surface area contributed by atoms with Crippen molar-refractivity contribution in [2.24, 2.45) is 11.8 Å². The van der Waals surface area contributed by atoms with E-state index in [1.807, 2.05) is 12.1 Å². The van der Waals surface area contributed by atoms with Crippen molar-refractivity contribution in [2.45, 2.75) is 58.8 Å². The Bertz CT molecular complexity index is 435. The number of anilines is 1. The molecule has 0 aromatic heterocycles. The molecule has 0 aliphatic carbocycles. The number of hydrogen-bond donors (Lipinski definition) is 1. The van der Waals surface area contributed by atoms with Crippen molar-refractivity contribution in [2.75, 3.05) is 5.32 Å². The predicted molar refractivity (Wildman–Crippen MR) is 84.8 cm³/mol. The van der Waals surface area contributed by atoms with E-state index in [0.717, 1.165) is 24.9 Å². The molecule has 0 saturated heterocycles. The van der Waals surface area contributed by atoms with Gasteiger partial charge in [-0.05, 0) is 36.8 Å². The summed E-state index contributed by atoms with van der Waals surface area (Å²) in [5.41, 5.74) is 2.30. The highest BCUT2D eigenvalue weighted by atomic mass is 16.1. The first-order valence-electron chi connectivity index (χ1n) is 8.13. The molecule has 2 rings (SSSR count). The molecule has 0 fully saturated rings. The number of fused-ring (bicyclic) bond motifs is 1. The van der Waals surface area contributed by atoms with Crippen LogP contribution in [-0.2, 0) is 11.2 Å². The molecule has 2 nitrogen and oxygen atoms in total. The second-order valence-corrected chi connectivity index (χ2v) is 6.06. The average molecular weight is 273 g/mol. The first-order chi connectivity index (χ1) is 9.74. The van der Waals surface area contributed by atoms with Gasteiger partial charge < -0.3 is 5.32 Å². The van der Waals surface area contributed by atoms with E-state index in [2.05, 4.69) is 31.3 Å². The Kier molecular flexibility index (Phi) is 5.63. The Hall–Kier alpha value is -1.31. The minimum atomic E-state index is 0.186. The van der Waals surface area contributed by atoms with Crippen LogP contribution in [0.5, 0.6) is 0 Å². The Balaban J connectivity index is 2.02. The third kappa shape index (κ3) is 3.84. The summed E-state index contributed by atoms with van der Waals surface area (Å²) in [5.74, 6) is 1.12. The largest absolute Gasteiger partial charge is 0.326 e. The van der Waals surface area contributed by atoms with Crippen molar-refractivity contribution in [1.82, 2.24) is 0 Å². The van der Waals surface area contributed by atoms with Crippen molar-refractivity contribution < 1.29 is 4.79 Å². The highest BCUT2D eigenvalue weighted by Crippen LogP contribution is 2.30. The van der Waals surface area contributed by atoms with Crippen LogP contribution in [0.4, 0.5) is 5.69 Å². The number of carbonyl (C=O) groups is 1. The van der Waals surface area contributed by atoms with Gasteiger partial charge in [0.05, 0.1) is 0 Å². The molecule has 110 valence electrons. The van der Waals surface area contributed by atoms with Crippen LogP contribution in [0, 0.1) is 11.8 Å². The predicted octanol–water partition coefficient (Wildman–Crippen LogP) is 4.79. The highest BCUT2D eigenvalue weighted by molar-refractivity contribution is 5.94. The van der Waals surface area contributed by atoms with E-state index in [4.69, 9.17) is 0 Å². The first kappa shape index (κ1) is 15.1. The summed E-state index contributed by atoms with van der Waals surface area (Å²) in [6.45, 7) is 4.48. The number of benzene rings is 1. The fraction of sp³-hybridized carbons (Fsp3) is 0.611. The lowest BCUT2D eigenvalue weighted by atomic mass is 9.85. The van der Waals surface area contributed by atoms with Crippen LogP contribution in [0.2, 0.25) is 0 Å². The SMILES string of the molecule is CCCC(CCC)CC1CCc2ccccc2NC1=O. The summed E-state index contributed by atoms with van der Waals surface area (Å²) in [7, 11) is 0. The van der Waals surface area contributed by atoms with E-state index in [-0.39, 0.29) is 11.8 Å². The number of nitrogens with one attached hydrogen (secondary N) is 1. The van der Waals surface area contributed by atoms with Crippen molar-refractivity contribution >= 4 is 11.6 Å². The van der Waals surface area contributed by atoms with E-state index in [9.17, 15) is 4.79 Å². The minimum absolute atomic E-state index is 0.186. The number of para-hydroxylation sites is 1. The third-order valence-electron chi connectivity index (χ3n) is 4.42. The summed E-state index contributed by atoms with van der Waals surface area (Å²) in [6.07, 6.45) is 8.02. The molecule has 1 atom stereocenters. The Labute approximate surface area is 123 Å². The van der Waals surface area contributed by atoms with Crippen molar-refractivity contribution in [3.8, 4) is 0 Å². The molecule has 0 spiro atoms. The molecule has 2 heteroatoms. The normalized spacial score (nSPS) is 18.6. The zero-order valence-corrected chi connectivity index (χ0v) is 12.8. The molecule has 0 saturated carbocycles. The van der Waals surface area contributed by atoms with Gasteiger partial charge >= 0.3 is 0 Å². The van der Waals surface area contributed by atoms with E-state index in [0.29, 0.717) is 5.92 Å². The average Bonchev–Trinajstić information content (AvgIpc) is 2.59. The molecule has 0 radical (unpaired) electrons. The van der Waals surface area contributed by atoms with Crippen LogP contribution >= 0.6 is 0 Å². The quantitative estimate of drug-likeness (QED) is 0.793. The Morgan fingerprint density at radius 1 is 1.20 bits per heavy atom. The van der Waals surface area contributed by atoms with E-state index < -0.39 is 0 Å². The van der Waals surface area contributed by atoms with Gasteiger partial charge in [-0.1, -0.05) is 57.7 Å². The lowest BCUT2D eigenvalue weighted by Crippen LogP contribution is -2.23.